The van der Waals surface area contributed by atoms with Crippen LogP contribution in [-0.2, 0) is 23.5 Å². The molecule has 2 aliphatic heterocycles. The number of hydrogen-bond donors (Lipinski definition) is 0. The number of morpholine rings is 1. The van der Waals surface area contributed by atoms with Crippen molar-refractivity contribution in [3.05, 3.63) is 57.5 Å². The molecule has 140 valence electrons. The Morgan fingerprint density at radius 3 is 2.78 bits per heavy atom. The van der Waals surface area contributed by atoms with Gasteiger partial charge in [-0.05, 0) is 17.7 Å². The summed E-state index contributed by atoms with van der Waals surface area (Å²) in [7, 11) is 0. The molecule has 0 atom stereocenters. The Kier molecular flexibility index (Phi) is 4.37. The van der Waals surface area contributed by atoms with E-state index >= 15 is 0 Å². The molecule has 1 saturated heterocycles. The lowest BCUT2D eigenvalue weighted by Crippen LogP contribution is -2.37. The minimum absolute atomic E-state index is 0.0245. The molecule has 27 heavy (non-hydrogen) atoms. The van der Waals surface area contributed by atoms with Gasteiger partial charge < -0.3 is 14.2 Å². The third kappa shape index (κ3) is 3.02. The molecule has 2 aliphatic rings. The number of rotatable bonds is 3. The van der Waals surface area contributed by atoms with E-state index in [2.05, 4.69) is 26.7 Å². The van der Waals surface area contributed by atoms with Gasteiger partial charge in [0, 0.05) is 30.1 Å². The molecule has 0 bridgehead atoms. The van der Waals surface area contributed by atoms with E-state index in [-0.39, 0.29) is 5.56 Å². The Morgan fingerprint density at radius 2 is 1.96 bits per heavy atom. The number of aromatic nitrogens is 4. The molecule has 0 aliphatic carbocycles. The van der Waals surface area contributed by atoms with Crippen LogP contribution in [0.4, 0.5) is 5.95 Å². The highest BCUT2D eigenvalue weighted by atomic mass is 32.2. The summed E-state index contributed by atoms with van der Waals surface area (Å²) in [5.74, 6) is 3.02. The molecule has 5 rings (SSSR count). The molecule has 1 fully saturated rings. The Bertz CT molecular complexity index is 1020. The first-order valence-corrected chi connectivity index (χ1v) is 10.4. The molecule has 2 aromatic heterocycles. The largest absolute Gasteiger partial charge is 0.378 e. The Labute approximate surface area is 161 Å². The van der Waals surface area contributed by atoms with E-state index in [0.717, 1.165) is 42.3 Å². The predicted molar refractivity (Wildman–Crippen MR) is 106 cm³/mol. The summed E-state index contributed by atoms with van der Waals surface area (Å²) in [6.07, 6.45) is 0.887. The average molecular weight is 383 g/mol. The van der Waals surface area contributed by atoms with Crippen molar-refractivity contribution in [3.63, 3.8) is 0 Å². The van der Waals surface area contributed by atoms with Crippen molar-refractivity contribution < 1.29 is 4.74 Å². The second-order valence-electron chi connectivity index (χ2n) is 6.83. The summed E-state index contributed by atoms with van der Waals surface area (Å²) in [6.45, 7) is 3.52. The molecule has 7 nitrogen and oxygen atoms in total. The molecule has 8 heteroatoms. The van der Waals surface area contributed by atoms with Crippen LogP contribution in [0.2, 0.25) is 0 Å². The third-order valence-electron chi connectivity index (χ3n) is 5.15. The van der Waals surface area contributed by atoms with E-state index < -0.39 is 0 Å². The van der Waals surface area contributed by atoms with Gasteiger partial charge in [-0.1, -0.05) is 30.3 Å². The molecular formula is C19H21N5O2S. The Balaban J connectivity index is 1.68. The van der Waals surface area contributed by atoms with Crippen LogP contribution in [0.15, 0.2) is 35.1 Å². The Morgan fingerprint density at radius 1 is 1.15 bits per heavy atom. The fraction of sp³-hybridized carbons (Fsp3) is 0.421. The molecular weight excluding hydrogens is 362 g/mol. The lowest BCUT2D eigenvalue weighted by Gasteiger charge is -2.25. The van der Waals surface area contributed by atoms with Crippen molar-refractivity contribution >= 4 is 23.5 Å². The third-order valence-corrected chi connectivity index (χ3v) is 6.14. The normalized spacial score (nSPS) is 17.3. The van der Waals surface area contributed by atoms with Crippen LogP contribution < -0.4 is 10.5 Å². The van der Waals surface area contributed by atoms with Gasteiger partial charge in [-0.2, -0.15) is 21.3 Å². The van der Waals surface area contributed by atoms with Crippen LogP contribution >= 0.6 is 11.8 Å². The first-order valence-electron chi connectivity index (χ1n) is 9.27. The second-order valence-corrected chi connectivity index (χ2v) is 7.93. The van der Waals surface area contributed by atoms with Gasteiger partial charge in [-0.25, -0.2) is 0 Å². The van der Waals surface area contributed by atoms with Crippen LogP contribution in [0, 0.1) is 0 Å². The second kappa shape index (κ2) is 7.01. The van der Waals surface area contributed by atoms with Crippen molar-refractivity contribution in [3.8, 4) is 0 Å². The van der Waals surface area contributed by atoms with Crippen LogP contribution in [0.3, 0.4) is 0 Å². The maximum absolute atomic E-state index is 13.1. The molecule has 0 N–H and O–H groups in total. The van der Waals surface area contributed by atoms with Crippen molar-refractivity contribution in [2.24, 2.45) is 0 Å². The van der Waals surface area contributed by atoms with Crippen molar-refractivity contribution in [2.45, 2.75) is 18.7 Å². The van der Waals surface area contributed by atoms with E-state index in [1.165, 1.54) is 10.1 Å². The molecule has 1 aromatic carbocycles. The summed E-state index contributed by atoms with van der Waals surface area (Å²) in [5.41, 5.74) is 3.15. The average Bonchev–Trinajstić information content (AvgIpc) is 3.18. The first kappa shape index (κ1) is 16.8. The number of fused-ring (bicyclic) bond motifs is 2. The smallest absolute Gasteiger partial charge is 0.280 e. The zero-order valence-corrected chi connectivity index (χ0v) is 15.8. The number of nitrogens with zero attached hydrogens (tertiary/aromatic N) is 5. The fourth-order valence-corrected chi connectivity index (χ4v) is 4.72. The van der Waals surface area contributed by atoms with Gasteiger partial charge in [0.1, 0.15) is 0 Å². The molecule has 0 saturated carbocycles. The highest BCUT2D eigenvalue weighted by Gasteiger charge is 2.24. The van der Waals surface area contributed by atoms with Crippen molar-refractivity contribution in [1.29, 1.82) is 0 Å². The van der Waals surface area contributed by atoms with Gasteiger partial charge in [-0.3, -0.25) is 4.79 Å². The summed E-state index contributed by atoms with van der Waals surface area (Å²) < 4.78 is 9.11. The SMILES string of the molecule is O=c1c2c(n(Cc3ccccc3)c3nc(N4CCOCC4)nn13)CCSC2. The zero-order chi connectivity index (χ0) is 18.2. The van der Waals surface area contributed by atoms with Gasteiger partial charge in [0.25, 0.3) is 5.56 Å². The van der Waals surface area contributed by atoms with Crippen LogP contribution in [-0.4, -0.2) is 51.2 Å². The van der Waals surface area contributed by atoms with E-state index in [1.807, 2.05) is 30.0 Å². The topological polar surface area (TPSA) is 64.7 Å². The fourth-order valence-electron chi connectivity index (χ4n) is 3.74. The summed E-state index contributed by atoms with van der Waals surface area (Å²) in [5, 5.41) is 4.58. The van der Waals surface area contributed by atoms with Crippen molar-refractivity contribution in [1.82, 2.24) is 19.2 Å². The lowest BCUT2D eigenvalue weighted by molar-refractivity contribution is 0.122. The van der Waals surface area contributed by atoms with Gasteiger partial charge in [-0.15, -0.1) is 5.10 Å². The van der Waals surface area contributed by atoms with Gasteiger partial charge in [0.05, 0.1) is 19.8 Å². The highest BCUT2D eigenvalue weighted by molar-refractivity contribution is 7.98. The maximum atomic E-state index is 13.1. The standard InChI is InChI=1S/C19H21N5O2S/c25-17-15-13-27-11-6-16(15)23(12-14-4-2-1-3-5-14)19-20-18(21-24(17)19)22-7-9-26-10-8-22/h1-5H,6-13H2. The lowest BCUT2D eigenvalue weighted by atomic mass is 10.1. The number of ether oxygens (including phenoxy) is 1. The number of anilines is 1. The van der Waals surface area contributed by atoms with Gasteiger partial charge >= 0.3 is 0 Å². The number of benzene rings is 1. The van der Waals surface area contributed by atoms with E-state index in [4.69, 9.17) is 9.72 Å². The predicted octanol–water partition coefficient (Wildman–Crippen LogP) is 1.57. The zero-order valence-electron chi connectivity index (χ0n) is 15.0. The molecule has 3 aromatic rings. The van der Waals surface area contributed by atoms with Crippen molar-refractivity contribution in [2.75, 3.05) is 37.0 Å². The molecule has 0 spiro atoms. The first-order chi connectivity index (χ1) is 13.3. The van der Waals surface area contributed by atoms with Gasteiger partial charge in [0.15, 0.2) is 0 Å². The van der Waals surface area contributed by atoms with E-state index in [1.54, 1.807) is 0 Å². The minimum atomic E-state index is -0.0245. The van der Waals surface area contributed by atoms with Gasteiger partial charge in [0.2, 0.25) is 11.7 Å². The molecule has 4 heterocycles. The Hall–Kier alpha value is -2.32. The minimum Gasteiger partial charge on any atom is -0.378 e. The van der Waals surface area contributed by atoms with Crippen LogP contribution in [0.5, 0.6) is 0 Å². The number of hydrogen-bond acceptors (Lipinski definition) is 6. The number of thioether (sulfide) groups is 1. The monoisotopic (exact) mass is 383 g/mol. The maximum Gasteiger partial charge on any atom is 0.280 e. The van der Waals surface area contributed by atoms with Crippen LogP contribution in [0.1, 0.15) is 16.8 Å². The van der Waals surface area contributed by atoms with Crippen LogP contribution in [0.25, 0.3) is 5.78 Å². The highest BCUT2D eigenvalue weighted by Crippen LogP contribution is 2.24. The van der Waals surface area contributed by atoms with E-state index in [0.29, 0.717) is 31.5 Å². The molecule has 0 unspecified atom stereocenters. The molecule has 0 radical (unpaired) electrons. The van der Waals surface area contributed by atoms with E-state index in [9.17, 15) is 4.79 Å². The summed E-state index contributed by atoms with van der Waals surface area (Å²) >= 11 is 1.81. The quantitative estimate of drug-likeness (QED) is 0.684. The summed E-state index contributed by atoms with van der Waals surface area (Å²) in [4.78, 5) is 19.9. The summed E-state index contributed by atoms with van der Waals surface area (Å²) in [6, 6.07) is 10.3. The molecule has 0 amide bonds.